The Morgan fingerprint density at radius 2 is 1.50 bits per heavy atom. The number of benzene rings is 3. The molecular weight excluding hydrogens is 434 g/mol. The lowest BCUT2D eigenvalue weighted by atomic mass is 9.98. The number of carbonyl (C=O) groups is 3. The Bertz CT molecular complexity index is 1170. The number of nitrogens with one attached hydrogen (secondary N) is 1. The highest BCUT2D eigenvalue weighted by molar-refractivity contribution is 6.14. The average Bonchev–Trinajstić information content (AvgIpc) is 2.87. The molecule has 176 valence electrons. The summed E-state index contributed by atoms with van der Waals surface area (Å²) in [6, 6.07) is 19.0. The molecule has 0 fully saturated rings. The van der Waals surface area contributed by atoms with E-state index in [4.69, 9.17) is 14.2 Å². The Kier molecular flexibility index (Phi) is 8.40. The van der Waals surface area contributed by atoms with Crippen LogP contribution in [0.1, 0.15) is 37.4 Å². The molecule has 0 saturated heterocycles. The maximum absolute atomic E-state index is 12.9. The van der Waals surface area contributed by atoms with Crippen LogP contribution in [0.15, 0.2) is 66.7 Å². The second-order valence-corrected chi connectivity index (χ2v) is 7.61. The van der Waals surface area contributed by atoms with Crippen LogP contribution in [-0.2, 0) is 16.0 Å². The lowest BCUT2D eigenvalue weighted by Gasteiger charge is -2.11. The Morgan fingerprint density at radius 1 is 0.824 bits per heavy atom. The maximum Gasteiger partial charge on any atom is 0.339 e. The first kappa shape index (κ1) is 24.5. The fraction of sp³-hybridized carbons (Fsp3) is 0.222. The summed E-state index contributed by atoms with van der Waals surface area (Å²) >= 11 is 0. The van der Waals surface area contributed by atoms with Crippen molar-refractivity contribution in [2.45, 2.75) is 13.3 Å². The van der Waals surface area contributed by atoms with Gasteiger partial charge in [0.15, 0.2) is 23.9 Å². The van der Waals surface area contributed by atoms with E-state index in [1.807, 2.05) is 31.2 Å². The molecule has 3 aromatic rings. The molecule has 0 unspecified atom stereocenters. The summed E-state index contributed by atoms with van der Waals surface area (Å²) < 4.78 is 15.7. The number of rotatable bonds is 10. The average molecular weight is 462 g/mol. The van der Waals surface area contributed by atoms with Crippen molar-refractivity contribution >= 4 is 17.7 Å². The quantitative estimate of drug-likeness (QED) is 0.365. The summed E-state index contributed by atoms with van der Waals surface area (Å²) in [5.41, 5.74) is 2.80. The normalized spacial score (nSPS) is 10.3. The number of amides is 1. The molecule has 3 rings (SSSR count). The largest absolute Gasteiger partial charge is 0.493 e. The van der Waals surface area contributed by atoms with Crippen LogP contribution in [0.4, 0.5) is 0 Å². The van der Waals surface area contributed by atoms with E-state index in [1.165, 1.54) is 6.07 Å². The van der Waals surface area contributed by atoms with Crippen LogP contribution in [0.3, 0.4) is 0 Å². The highest BCUT2D eigenvalue weighted by Crippen LogP contribution is 2.27. The van der Waals surface area contributed by atoms with Crippen molar-refractivity contribution in [3.63, 3.8) is 0 Å². The minimum atomic E-state index is -0.730. The molecule has 0 aromatic heterocycles. The van der Waals surface area contributed by atoms with Crippen molar-refractivity contribution in [3.8, 4) is 11.5 Å². The molecule has 0 aliphatic heterocycles. The maximum atomic E-state index is 12.9. The molecule has 7 heteroatoms. The number of hydrogen-bond acceptors (Lipinski definition) is 6. The van der Waals surface area contributed by atoms with Crippen LogP contribution >= 0.6 is 0 Å². The Balaban J connectivity index is 1.54. The van der Waals surface area contributed by atoms with Crippen LogP contribution in [0.25, 0.3) is 0 Å². The molecule has 1 N–H and O–H groups in total. The van der Waals surface area contributed by atoms with Gasteiger partial charge in [0.2, 0.25) is 0 Å². The highest BCUT2D eigenvalue weighted by atomic mass is 16.5. The number of ether oxygens (including phenoxy) is 3. The van der Waals surface area contributed by atoms with Gasteiger partial charge in [-0.15, -0.1) is 0 Å². The van der Waals surface area contributed by atoms with Gasteiger partial charge in [-0.25, -0.2) is 4.79 Å². The summed E-state index contributed by atoms with van der Waals surface area (Å²) in [5, 5.41) is 2.72. The number of carbonyl (C=O) groups excluding carboxylic acids is 3. The number of methoxy groups -OCH3 is 2. The number of hydrogen-bond donors (Lipinski definition) is 1. The molecule has 1 amide bonds. The predicted octanol–water partition coefficient (Wildman–Crippen LogP) is 3.76. The third-order valence-corrected chi connectivity index (χ3v) is 5.22. The Hall–Kier alpha value is -4.13. The molecule has 0 heterocycles. The molecule has 0 atom stereocenters. The molecule has 0 aliphatic carbocycles. The minimum absolute atomic E-state index is 0.117. The monoisotopic (exact) mass is 461 g/mol. The first-order chi connectivity index (χ1) is 16.4. The van der Waals surface area contributed by atoms with E-state index in [9.17, 15) is 14.4 Å². The predicted molar refractivity (Wildman–Crippen MR) is 128 cm³/mol. The lowest BCUT2D eigenvalue weighted by molar-refractivity contribution is -0.124. The van der Waals surface area contributed by atoms with Crippen molar-refractivity contribution in [2.75, 3.05) is 27.4 Å². The van der Waals surface area contributed by atoms with Gasteiger partial charge in [0, 0.05) is 17.7 Å². The van der Waals surface area contributed by atoms with Crippen LogP contribution < -0.4 is 14.8 Å². The summed E-state index contributed by atoms with van der Waals surface area (Å²) in [6.45, 7) is 1.84. The fourth-order valence-electron chi connectivity index (χ4n) is 3.36. The number of aryl methyl sites for hydroxylation is 1. The highest BCUT2D eigenvalue weighted by Gasteiger charge is 2.20. The Morgan fingerprint density at radius 3 is 2.18 bits per heavy atom. The van der Waals surface area contributed by atoms with Crippen LogP contribution in [0.5, 0.6) is 11.5 Å². The van der Waals surface area contributed by atoms with Gasteiger partial charge in [-0.1, -0.05) is 54.1 Å². The van der Waals surface area contributed by atoms with E-state index >= 15 is 0 Å². The summed E-state index contributed by atoms with van der Waals surface area (Å²) in [4.78, 5) is 37.6. The fourth-order valence-corrected chi connectivity index (χ4v) is 3.36. The van der Waals surface area contributed by atoms with E-state index in [0.29, 0.717) is 30.0 Å². The van der Waals surface area contributed by atoms with Crippen molar-refractivity contribution in [1.82, 2.24) is 5.32 Å². The van der Waals surface area contributed by atoms with E-state index in [-0.39, 0.29) is 16.9 Å². The molecule has 0 saturated carbocycles. The topological polar surface area (TPSA) is 90.9 Å². The van der Waals surface area contributed by atoms with Crippen LogP contribution in [0.2, 0.25) is 0 Å². The second-order valence-electron chi connectivity index (χ2n) is 7.61. The van der Waals surface area contributed by atoms with Gasteiger partial charge in [0.25, 0.3) is 5.91 Å². The van der Waals surface area contributed by atoms with Crippen LogP contribution in [-0.4, -0.2) is 45.0 Å². The molecular formula is C27H27NO6. The zero-order chi connectivity index (χ0) is 24.5. The summed E-state index contributed by atoms with van der Waals surface area (Å²) in [7, 11) is 3.13. The first-order valence-corrected chi connectivity index (χ1v) is 10.8. The SMILES string of the molecule is COc1ccc(CCNC(=O)COC(=O)c2ccccc2C(=O)c2ccc(C)cc2)cc1OC. The molecule has 0 spiro atoms. The standard InChI is InChI=1S/C27H27NO6/c1-18-8-11-20(12-9-18)26(30)21-6-4-5-7-22(21)27(31)34-17-25(29)28-15-14-19-10-13-23(32-2)24(16-19)33-3/h4-13,16H,14-15,17H2,1-3H3,(H,28,29). The minimum Gasteiger partial charge on any atom is -0.493 e. The zero-order valence-corrected chi connectivity index (χ0v) is 19.4. The van der Waals surface area contributed by atoms with Gasteiger partial charge in [-0.3, -0.25) is 9.59 Å². The molecule has 0 radical (unpaired) electrons. The third kappa shape index (κ3) is 6.22. The van der Waals surface area contributed by atoms with E-state index < -0.39 is 18.5 Å². The molecule has 0 aliphatic rings. The smallest absolute Gasteiger partial charge is 0.339 e. The van der Waals surface area contributed by atoms with Gasteiger partial charge in [-0.2, -0.15) is 0 Å². The number of ketones is 1. The van der Waals surface area contributed by atoms with E-state index in [1.54, 1.807) is 50.6 Å². The van der Waals surface area contributed by atoms with Crippen molar-refractivity contribution in [2.24, 2.45) is 0 Å². The molecule has 0 bridgehead atoms. The molecule has 34 heavy (non-hydrogen) atoms. The summed E-state index contributed by atoms with van der Waals surface area (Å²) in [6.07, 6.45) is 0.563. The third-order valence-electron chi connectivity index (χ3n) is 5.22. The van der Waals surface area contributed by atoms with Gasteiger partial charge >= 0.3 is 5.97 Å². The first-order valence-electron chi connectivity index (χ1n) is 10.8. The molecule has 3 aromatic carbocycles. The molecule has 7 nitrogen and oxygen atoms in total. The van der Waals surface area contributed by atoms with Gasteiger partial charge in [-0.05, 0) is 37.1 Å². The number of esters is 1. The lowest BCUT2D eigenvalue weighted by Crippen LogP contribution is -2.30. The van der Waals surface area contributed by atoms with Crippen molar-refractivity contribution in [3.05, 3.63) is 94.5 Å². The van der Waals surface area contributed by atoms with Gasteiger partial charge in [0.05, 0.1) is 19.8 Å². The van der Waals surface area contributed by atoms with E-state index in [2.05, 4.69) is 5.32 Å². The summed E-state index contributed by atoms with van der Waals surface area (Å²) in [5.74, 6) is -0.211. The van der Waals surface area contributed by atoms with E-state index in [0.717, 1.165) is 11.1 Å². The van der Waals surface area contributed by atoms with Crippen LogP contribution in [0, 0.1) is 6.92 Å². The zero-order valence-electron chi connectivity index (χ0n) is 19.4. The van der Waals surface area contributed by atoms with Crippen molar-refractivity contribution in [1.29, 1.82) is 0 Å². The van der Waals surface area contributed by atoms with Gasteiger partial charge < -0.3 is 19.5 Å². The van der Waals surface area contributed by atoms with Crippen molar-refractivity contribution < 1.29 is 28.6 Å². The van der Waals surface area contributed by atoms with Gasteiger partial charge in [0.1, 0.15) is 0 Å². The second kappa shape index (κ2) is 11.7. The Labute approximate surface area is 198 Å².